The summed E-state index contributed by atoms with van der Waals surface area (Å²) in [6.45, 7) is 6.52. The van der Waals surface area contributed by atoms with Crippen LogP contribution in [-0.4, -0.2) is 24.5 Å². The van der Waals surface area contributed by atoms with Crippen molar-refractivity contribution in [2.75, 3.05) is 17.2 Å². The normalized spacial score (nSPS) is 13.1. The molecule has 0 saturated heterocycles. The SMILES string of the molecule is Cc1c(NCC(=O)NCc2ccc(OC(C)C)cc2)cccc1NC(=O)C1CC1. The van der Waals surface area contributed by atoms with Crippen molar-refractivity contribution in [1.29, 1.82) is 0 Å². The van der Waals surface area contributed by atoms with Gasteiger partial charge in [-0.05, 0) is 69.0 Å². The first-order valence-corrected chi connectivity index (χ1v) is 10.1. The van der Waals surface area contributed by atoms with Gasteiger partial charge in [0.25, 0.3) is 0 Å². The number of rotatable bonds is 9. The maximum absolute atomic E-state index is 12.2. The van der Waals surface area contributed by atoms with Gasteiger partial charge in [-0.15, -0.1) is 0 Å². The summed E-state index contributed by atoms with van der Waals surface area (Å²) in [5.41, 5.74) is 3.56. The molecule has 29 heavy (non-hydrogen) atoms. The van der Waals surface area contributed by atoms with E-state index in [1.165, 1.54) is 0 Å². The third-order valence-corrected chi connectivity index (χ3v) is 4.76. The van der Waals surface area contributed by atoms with Crippen molar-refractivity contribution < 1.29 is 14.3 Å². The molecule has 1 aliphatic rings. The zero-order chi connectivity index (χ0) is 20.8. The fourth-order valence-electron chi connectivity index (χ4n) is 2.94. The van der Waals surface area contributed by atoms with Crippen molar-refractivity contribution >= 4 is 23.2 Å². The van der Waals surface area contributed by atoms with E-state index >= 15 is 0 Å². The molecule has 6 nitrogen and oxygen atoms in total. The van der Waals surface area contributed by atoms with Gasteiger partial charge >= 0.3 is 0 Å². The van der Waals surface area contributed by atoms with Gasteiger partial charge in [0.05, 0.1) is 12.6 Å². The summed E-state index contributed by atoms with van der Waals surface area (Å²) in [5.74, 6) is 0.954. The minimum Gasteiger partial charge on any atom is -0.491 e. The van der Waals surface area contributed by atoms with Crippen molar-refractivity contribution in [3.05, 3.63) is 53.6 Å². The minimum absolute atomic E-state index is 0.0767. The van der Waals surface area contributed by atoms with Crippen LogP contribution >= 0.6 is 0 Å². The molecule has 2 aromatic rings. The molecule has 1 fully saturated rings. The zero-order valence-corrected chi connectivity index (χ0v) is 17.2. The van der Waals surface area contributed by atoms with Crippen LogP contribution < -0.4 is 20.7 Å². The van der Waals surface area contributed by atoms with Crippen molar-refractivity contribution in [3.63, 3.8) is 0 Å². The van der Waals surface area contributed by atoms with Crippen LogP contribution in [0.25, 0.3) is 0 Å². The Hall–Kier alpha value is -3.02. The molecule has 0 spiro atoms. The first-order valence-electron chi connectivity index (χ1n) is 10.1. The lowest BCUT2D eigenvalue weighted by Gasteiger charge is -2.14. The third kappa shape index (κ3) is 6.24. The Morgan fingerprint density at radius 2 is 1.76 bits per heavy atom. The molecule has 1 saturated carbocycles. The number of hydrogen-bond acceptors (Lipinski definition) is 4. The van der Waals surface area contributed by atoms with Gasteiger partial charge in [-0.3, -0.25) is 9.59 Å². The van der Waals surface area contributed by atoms with Gasteiger partial charge in [-0.25, -0.2) is 0 Å². The molecule has 1 aliphatic carbocycles. The Kier molecular flexibility index (Phi) is 6.75. The molecule has 3 rings (SSSR count). The Morgan fingerprint density at radius 3 is 2.41 bits per heavy atom. The Labute approximate surface area is 172 Å². The highest BCUT2D eigenvalue weighted by Crippen LogP contribution is 2.31. The van der Waals surface area contributed by atoms with Gasteiger partial charge in [0.15, 0.2) is 0 Å². The van der Waals surface area contributed by atoms with Crippen LogP contribution in [0.15, 0.2) is 42.5 Å². The maximum Gasteiger partial charge on any atom is 0.239 e. The summed E-state index contributed by atoms with van der Waals surface area (Å²) in [6.07, 6.45) is 2.07. The van der Waals surface area contributed by atoms with Gasteiger partial charge in [-0.2, -0.15) is 0 Å². The minimum atomic E-state index is -0.0978. The molecule has 0 bridgehead atoms. The summed E-state index contributed by atoms with van der Waals surface area (Å²) >= 11 is 0. The number of hydrogen-bond donors (Lipinski definition) is 3. The average Bonchev–Trinajstić information content (AvgIpc) is 3.53. The average molecular weight is 396 g/mol. The van der Waals surface area contributed by atoms with Gasteiger partial charge in [-0.1, -0.05) is 18.2 Å². The molecule has 0 aromatic heterocycles. The molecule has 2 aromatic carbocycles. The van der Waals surface area contributed by atoms with Crippen LogP contribution in [0.5, 0.6) is 5.75 Å². The largest absolute Gasteiger partial charge is 0.491 e. The second-order valence-corrected chi connectivity index (χ2v) is 7.68. The van der Waals surface area contributed by atoms with E-state index in [2.05, 4.69) is 16.0 Å². The van der Waals surface area contributed by atoms with Crippen molar-refractivity contribution in [1.82, 2.24) is 5.32 Å². The van der Waals surface area contributed by atoms with E-state index in [4.69, 9.17) is 4.74 Å². The lowest BCUT2D eigenvalue weighted by molar-refractivity contribution is -0.119. The first kappa shape index (κ1) is 20.7. The molecule has 3 N–H and O–H groups in total. The van der Waals surface area contributed by atoms with Crippen LogP contribution in [0.3, 0.4) is 0 Å². The summed E-state index contributed by atoms with van der Waals surface area (Å²) in [7, 11) is 0. The van der Waals surface area contributed by atoms with E-state index in [0.717, 1.165) is 41.1 Å². The standard InChI is InChI=1S/C23H29N3O3/c1-15(2)29-19-11-7-17(8-12-19)13-25-22(27)14-24-20-5-4-6-21(16(20)3)26-23(28)18-9-10-18/h4-8,11-12,15,18,24H,9-10,13-14H2,1-3H3,(H,25,27)(H,26,28). The molecular formula is C23H29N3O3. The van der Waals surface area contributed by atoms with Crippen LogP contribution in [0, 0.1) is 12.8 Å². The summed E-state index contributed by atoms with van der Waals surface area (Å²) < 4.78 is 5.62. The fraction of sp³-hybridized carbons (Fsp3) is 0.391. The number of nitrogens with one attached hydrogen (secondary N) is 3. The Balaban J connectivity index is 1.47. The zero-order valence-electron chi connectivity index (χ0n) is 17.2. The highest BCUT2D eigenvalue weighted by Gasteiger charge is 2.29. The monoisotopic (exact) mass is 395 g/mol. The lowest BCUT2D eigenvalue weighted by Crippen LogP contribution is -2.29. The molecule has 0 atom stereocenters. The Morgan fingerprint density at radius 1 is 1.07 bits per heavy atom. The molecule has 0 unspecified atom stereocenters. The smallest absolute Gasteiger partial charge is 0.239 e. The van der Waals surface area contributed by atoms with Crippen molar-refractivity contribution in [2.45, 2.75) is 46.3 Å². The molecule has 6 heteroatoms. The second-order valence-electron chi connectivity index (χ2n) is 7.68. The number of amides is 2. The molecule has 2 amide bonds. The number of carbonyl (C=O) groups excluding carboxylic acids is 2. The van der Waals surface area contributed by atoms with E-state index in [-0.39, 0.29) is 30.4 Å². The number of benzene rings is 2. The van der Waals surface area contributed by atoms with E-state index in [9.17, 15) is 9.59 Å². The summed E-state index contributed by atoms with van der Waals surface area (Å²) in [6, 6.07) is 13.4. The van der Waals surface area contributed by atoms with Crippen molar-refractivity contribution in [2.24, 2.45) is 5.92 Å². The predicted molar refractivity (Wildman–Crippen MR) is 115 cm³/mol. The van der Waals surface area contributed by atoms with E-state index in [0.29, 0.717) is 6.54 Å². The molecular weight excluding hydrogens is 366 g/mol. The highest BCUT2D eigenvalue weighted by molar-refractivity contribution is 5.95. The highest BCUT2D eigenvalue weighted by atomic mass is 16.5. The van der Waals surface area contributed by atoms with Crippen LogP contribution in [0.1, 0.15) is 37.8 Å². The van der Waals surface area contributed by atoms with Crippen LogP contribution in [0.4, 0.5) is 11.4 Å². The maximum atomic E-state index is 12.2. The first-order chi connectivity index (χ1) is 13.9. The number of carbonyl (C=O) groups is 2. The van der Waals surface area contributed by atoms with E-state index in [1.54, 1.807) is 0 Å². The quantitative estimate of drug-likeness (QED) is 0.602. The Bertz CT molecular complexity index is 858. The predicted octanol–water partition coefficient (Wildman–Crippen LogP) is 3.86. The lowest BCUT2D eigenvalue weighted by atomic mass is 10.1. The molecule has 0 radical (unpaired) electrons. The van der Waals surface area contributed by atoms with Gasteiger partial charge in [0.2, 0.25) is 11.8 Å². The van der Waals surface area contributed by atoms with Crippen molar-refractivity contribution in [3.8, 4) is 5.75 Å². The third-order valence-electron chi connectivity index (χ3n) is 4.76. The summed E-state index contributed by atoms with van der Waals surface area (Å²) in [4.78, 5) is 24.2. The van der Waals surface area contributed by atoms with Crippen LogP contribution in [-0.2, 0) is 16.1 Å². The van der Waals surface area contributed by atoms with E-state index in [1.807, 2.05) is 63.2 Å². The van der Waals surface area contributed by atoms with E-state index < -0.39 is 0 Å². The second kappa shape index (κ2) is 9.45. The molecule has 0 heterocycles. The number of ether oxygens (including phenoxy) is 1. The number of anilines is 2. The van der Waals surface area contributed by atoms with Gasteiger partial charge < -0.3 is 20.7 Å². The van der Waals surface area contributed by atoms with Gasteiger partial charge in [0.1, 0.15) is 5.75 Å². The topological polar surface area (TPSA) is 79.5 Å². The molecule has 0 aliphatic heterocycles. The van der Waals surface area contributed by atoms with Crippen LogP contribution in [0.2, 0.25) is 0 Å². The molecule has 154 valence electrons. The summed E-state index contributed by atoms with van der Waals surface area (Å²) in [5, 5.41) is 9.04. The fourth-order valence-corrected chi connectivity index (χ4v) is 2.94. The van der Waals surface area contributed by atoms with Gasteiger partial charge in [0, 0.05) is 23.8 Å².